The van der Waals surface area contributed by atoms with E-state index in [1.807, 2.05) is 12.1 Å². The monoisotopic (exact) mass is 481 g/mol. The van der Waals surface area contributed by atoms with E-state index < -0.39 is 5.60 Å². The molecule has 2 N–H and O–H groups in total. The van der Waals surface area contributed by atoms with Gasteiger partial charge in [-0.15, -0.1) is 0 Å². The zero-order chi connectivity index (χ0) is 25.5. The lowest BCUT2D eigenvalue weighted by Gasteiger charge is -2.37. The first-order valence-corrected chi connectivity index (χ1v) is 13.9. The minimum absolute atomic E-state index is 0.0252. The van der Waals surface area contributed by atoms with Crippen LogP contribution in [0.15, 0.2) is 18.3 Å². The van der Waals surface area contributed by atoms with Crippen LogP contribution in [0.25, 0.3) is 10.9 Å². The third kappa shape index (κ3) is 5.93. The van der Waals surface area contributed by atoms with E-state index >= 15 is 0 Å². The summed E-state index contributed by atoms with van der Waals surface area (Å²) in [7, 11) is 0. The van der Waals surface area contributed by atoms with Crippen LogP contribution in [0.3, 0.4) is 0 Å². The maximum Gasteiger partial charge on any atom is 0.227 e. The summed E-state index contributed by atoms with van der Waals surface area (Å²) in [6.45, 7) is 15.1. The maximum absolute atomic E-state index is 13.4. The third-order valence-corrected chi connectivity index (χ3v) is 8.91. The molecule has 2 aliphatic carbocycles. The molecule has 5 heteroatoms. The zero-order valence-corrected chi connectivity index (χ0v) is 23.0. The number of benzene rings is 1. The summed E-state index contributed by atoms with van der Waals surface area (Å²) < 4.78 is 2.13. The molecule has 35 heavy (non-hydrogen) atoms. The number of rotatable bonds is 5. The second-order valence-electron chi connectivity index (χ2n) is 13.4. The predicted molar refractivity (Wildman–Crippen MR) is 144 cm³/mol. The molecule has 0 spiro atoms. The summed E-state index contributed by atoms with van der Waals surface area (Å²) >= 11 is 0. The molecule has 194 valence electrons. The van der Waals surface area contributed by atoms with E-state index in [2.05, 4.69) is 50.8 Å². The normalized spacial score (nSPS) is 26.3. The summed E-state index contributed by atoms with van der Waals surface area (Å²) in [5, 5.41) is 20.1. The third-order valence-electron chi connectivity index (χ3n) is 8.91. The zero-order valence-electron chi connectivity index (χ0n) is 23.0. The molecular weight excluding hydrogens is 434 g/mol. The molecule has 0 radical (unpaired) electrons. The largest absolute Gasteiger partial charge is 0.386 e. The van der Waals surface area contributed by atoms with E-state index in [-0.39, 0.29) is 17.2 Å². The van der Waals surface area contributed by atoms with E-state index in [4.69, 9.17) is 5.10 Å². The van der Waals surface area contributed by atoms with Crippen molar-refractivity contribution in [1.82, 2.24) is 9.78 Å². The maximum atomic E-state index is 13.4. The van der Waals surface area contributed by atoms with E-state index in [1.54, 1.807) is 13.8 Å². The van der Waals surface area contributed by atoms with Gasteiger partial charge < -0.3 is 10.4 Å². The lowest BCUT2D eigenvalue weighted by atomic mass is 9.69. The SMILES string of the molecule is CC(C)C1CCC(n2cc3cc(NC(=O)C4CCCC(C(C)(C)C)C4)c(C(C)(C)O)cc3n2)CC1. The van der Waals surface area contributed by atoms with Crippen LogP contribution in [-0.4, -0.2) is 20.8 Å². The first-order valence-electron chi connectivity index (χ1n) is 13.9. The molecule has 4 rings (SSSR count). The van der Waals surface area contributed by atoms with Gasteiger partial charge in [-0.3, -0.25) is 9.48 Å². The minimum atomic E-state index is -1.07. The van der Waals surface area contributed by atoms with Crippen LogP contribution in [0.2, 0.25) is 0 Å². The fourth-order valence-corrected chi connectivity index (χ4v) is 6.37. The number of carbonyl (C=O) groups is 1. The van der Waals surface area contributed by atoms with Crippen LogP contribution in [0.1, 0.15) is 111 Å². The Bertz CT molecular complexity index is 1030. The molecule has 2 saturated carbocycles. The predicted octanol–water partition coefficient (Wildman–Crippen LogP) is 7.44. The summed E-state index contributed by atoms with van der Waals surface area (Å²) in [5.74, 6) is 2.24. The number of hydrogen-bond acceptors (Lipinski definition) is 3. The summed E-state index contributed by atoms with van der Waals surface area (Å²) in [4.78, 5) is 13.4. The van der Waals surface area contributed by atoms with Crippen LogP contribution in [0, 0.1) is 29.1 Å². The molecule has 2 atom stereocenters. The number of anilines is 1. The fourth-order valence-electron chi connectivity index (χ4n) is 6.37. The minimum Gasteiger partial charge on any atom is -0.386 e. The van der Waals surface area contributed by atoms with Gasteiger partial charge >= 0.3 is 0 Å². The Kier molecular flexibility index (Phi) is 7.39. The van der Waals surface area contributed by atoms with Crippen LogP contribution in [0.4, 0.5) is 5.69 Å². The lowest BCUT2D eigenvalue weighted by Crippen LogP contribution is -2.33. The van der Waals surface area contributed by atoms with Crippen molar-refractivity contribution in [2.45, 2.75) is 111 Å². The molecule has 0 saturated heterocycles. The van der Waals surface area contributed by atoms with Gasteiger partial charge in [0.2, 0.25) is 5.91 Å². The molecule has 1 aromatic heterocycles. The molecule has 1 amide bonds. The Labute approximate surface area is 212 Å². The number of amides is 1. The Morgan fingerprint density at radius 2 is 1.74 bits per heavy atom. The van der Waals surface area contributed by atoms with Gasteiger partial charge in [0.05, 0.1) is 17.2 Å². The van der Waals surface area contributed by atoms with Crippen LogP contribution in [-0.2, 0) is 10.4 Å². The van der Waals surface area contributed by atoms with Crippen LogP contribution < -0.4 is 5.32 Å². The number of aromatic nitrogens is 2. The van der Waals surface area contributed by atoms with Gasteiger partial charge in [-0.2, -0.15) is 5.10 Å². The van der Waals surface area contributed by atoms with E-state index in [0.717, 1.165) is 66.1 Å². The van der Waals surface area contributed by atoms with Crippen molar-refractivity contribution in [1.29, 1.82) is 0 Å². The quantitative estimate of drug-likeness (QED) is 0.466. The Hall–Kier alpha value is -1.88. The van der Waals surface area contributed by atoms with Crippen molar-refractivity contribution in [2.75, 3.05) is 5.32 Å². The Balaban J connectivity index is 1.57. The van der Waals surface area contributed by atoms with Gasteiger partial charge in [0.25, 0.3) is 0 Å². The molecule has 2 aromatic rings. The molecule has 1 aromatic carbocycles. The van der Waals surface area contributed by atoms with Gasteiger partial charge in [-0.05, 0) is 94.1 Å². The first kappa shape index (κ1) is 26.2. The van der Waals surface area contributed by atoms with E-state index in [9.17, 15) is 9.90 Å². The van der Waals surface area contributed by atoms with E-state index in [1.165, 1.54) is 19.3 Å². The number of carbonyl (C=O) groups excluding carboxylic acids is 1. The van der Waals surface area contributed by atoms with Gasteiger partial charge in [0, 0.05) is 28.8 Å². The van der Waals surface area contributed by atoms with Crippen LogP contribution >= 0.6 is 0 Å². The van der Waals surface area contributed by atoms with Crippen molar-refractivity contribution in [3.8, 4) is 0 Å². The fraction of sp³-hybridized carbons (Fsp3) is 0.733. The van der Waals surface area contributed by atoms with Gasteiger partial charge in [-0.25, -0.2) is 0 Å². The molecule has 2 aliphatic rings. The average molecular weight is 482 g/mol. The van der Waals surface area contributed by atoms with Crippen LogP contribution in [0.5, 0.6) is 0 Å². The van der Waals surface area contributed by atoms with Crippen molar-refractivity contribution >= 4 is 22.5 Å². The van der Waals surface area contributed by atoms with Crippen molar-refractivity contribution in [2.24, 2.45) is 29.1 Å². The second-order valence-corrected chi connectivity index (χ2v) is 13.4. The summed E-state index contributed by atoms with van der Waals surface area (Å²) in [6, 6.07) is 4.42. The first-order chi connectivity index (χ1) is 16.3. The topological polar surface area (TPSA) is 67.2 Å². The molecule has 1 heterocycles. The number of nitrogens with zero attached hydrogens (tertiary/aromatic N) is 2. The molecular formula is C30H47N3O2. The highest BCUT2D eigenvalue weighted by Crippen LogP contribution is 2.41. The number of aliphatic hydroxyl groups is 1. The van der Waals surface area contributed by atoms with Crippen molar-refractivity contribution in [3.05, 3.63) is 23.9 Å². The Morgan fingerprint density at radius 1 is 1.06 bits per heavy atom. The average Bonchev–Trinajstić information content (AvgIpc) is 3.20. The summed E-state index contributed by atoms with van der Waals surface area (Å²) in [6.07, 6.45) is 11.1. The molecule has 2 fully saturated rings. The standard InChI is InChI=1S/C30H47N3O2/c1-19(2)20-11-13-24(14-12-20)33-18-22-16-27(25(30(6,7)35)17-26(22)32-33)31-28(34)21-9-8-10-23(15-21)29(3,4)5/h16-21,23-24,35H,8-15H2,1-7H3,(H,31,34). The lowest BCUT2D eigenvalue weighted by molar-refractivity contribution is -0.121. The van der Waals surface area contributed by atoms with Gasteiger partial charge in [0.15, 0.2) is 0 Å². The molecule has 0 bridgehead atoms. The molecule has 5 nitrogen and oxygen atoms in total. The highest BCUT2D eigenvalue weighted by Gasteiger charge is 2.34. The number of hydrogen-bond donors (Lipinski definition) is 2. The second kappa shape index (κ2) is 9.88. The highest BCUT2D eigenvalue weighted by atomic mass is 16.3. The van der Waals surface area contributed by atoms with Crippen molar-refractivity contribution < 1.29 is 9.90 Å². The highest BCUT2D eigenvalue weighted by molar-refractivity contribution is 5.96. The number of nitrogens with one attached hydrogen (secondary N) is 1. The summed E-state index contributed by atoms with van der Waals surface area (Å²) in [5.41, 5.74) is 1.48. The van der Waals surface area contributed by atoms with Gasteiger partial charge in [-0.1, -0.05) is 41.0 Å². The Morgan fingerprint density at radius 3 is 2.34 bits per heavy atom. The molecule has 0 aliphatic heterocycles. The van der Waals surface area contributed by atoms with Crippen molar-refractivity contribution in [3.63, 3.8) is 0 Å². The smallest absolute Gasteiger partial charge is 0.227 e. The molecule has 2 unspecified atom stereocenters. The number of fused-ring (bicyclic) bond motifs is 1. The van der Waals surface area contributed by atoms with Gasteiger partial charge in [0.1, 0.15) is 0 Å². The van der Waals surface area contributed by atoms with E-state index in [0.29, 0.717) is 12.0 Å².